The largest absolute Gasteiger partial charge is 0.394 e. The van der Waals surface area contributed by atoms with Crippen molar-refractivity contribution in [1.29, 1.82) is 0 Å². The van der Waals surface area contributed by atoms with E-state index < -0.39 is 0 Å². The maximum Gasteiger partial charge on any atom is 0.0636 e. The lowest BCUT2D eigenvalue weighted by Gasteiger charge is -2.37. The second kappa shape index (κ2) is 4.94. The molecule has 13 heavy (non-hydrogen) atoms. The van der Waals surface area contributed by atoms with Gasteiger partial charge in [0, 0.05) is 12.1 Å². The Balaban J connectivity index is 2.38. The first-order chi connectivity index (χ1) is 6.18. The van der Waals surface area contributed by atoms with E-state index in [-0.39, 0.29) is 18.2 Å². The Morgan fingerprint density at radius 2 is 1.92 bits per heavy atom. The summed E-state index contributed by atoms with van der Waals surface area (Å²) in [5.74, 6) is 0. The summed E-state index contributed by atoms with van der Waals surface area (Å²) in [5.41, 5.74) is -0.102. The van der Waals surface area contributed by atoms with Crippen molar-refractivity contribution in [3.63, 3.8) is 0 Å². The van der Waals surface area contributed by atoms with Crippen LogP contribution in [0.15, 0.2) is 0 Å². The van der Waals surface area contributed by atoms with Crippen molar-refractivity contribution in [1.82, 2.24) is 5.32 Å². The average molecular weight is 187 g/mol. The molecule has 0 aromatic heterocycles. The van der Waals surface area contributed by atoms with Crippen molar-refractivity contribution in [2.75, 3.05) is 13.2 Å². The summed E-state index contributed by atoms with van der Waals surface area (Å²) in [6, 6.07) is 0. The molecule has 0 bridgehead atoms. The van der Waals surface area contributed by atoms with Crippen molar-refractivity contribution in [3.05, 3.63) is 0 Å². The first kappa shape index (κ1) is 11.0. The zero-order valence-electron chi connectivity index (χ0n) is 8.42. The van der Waals surface area contributed by atoms with Crippen LogP contribution in [0.1, 0.15) is 39.0 Å². The minimum Gasteiger partial charge on any atom is -0.394 e. The van der Waals surface area contributed by atoms with Crippen LogP contribution in [0.3, 0.4) is 0 Å². The molecule has 1 saturated carbocycles. The van der Waals surface area contributed by atoms with E-state index in [1.165, 1.54) is 19.3 Å². The summed E-state index contributed by atoms with van der Waals surface area (Å²) in [6.07, 6.45) is 5.40. The fourth-order valence-corrected chi connectivity index (χ4v) is 1.98. The third kappa shape index (κ3) is 3.25. The van der Waals surface area contributed by atoms with Gasteiger partial charge in [-0.3, -0.25) is 0 Å². The van der Waals surface area contributed by atoms with E-state index in [0.717, 1.165) is 12.8 Å². The molecule has 1 aliphatic rings. The smallest absolute Gasteiger partial charge is 0.0636 e. The molecule has 1 unspecified atom stereocenters. The van der Waals surface area contributed by atoms with Gasteiger partial charge in [0.2, 0.25) is 0 Å². The summed E-state index contributed by atoms with van der Waals surface area (Å²) in [5, 5.41) is 21.7. The van der Waals surface area contributed by atoms with Crippen LogP contribution in [0.25, 0.3) is 0 Å². The number of β-amino-alcohol motifs (C(OH)–C–C–N with tert-alkyl or cyclic N) is 1. The van der Waals surface area contributed by atoms with Gasteiger partial charge in [0.15, 0.2) is 0 Å². The highest BCUT2D eigenvalue weighted by molar-refractivity contribution is 4.90. The van der Waals surface area contributed by atoms with Crippen LogP contribution in [0, 0.1) is 0 Å². The van der Waals surface area contributed by atoms with Crippen LogP contribution < -0.4 is 5.32 Å². The van der Waals surface area contributed by atoms with Gasteiger partial charge < -0.3 is 15.5 Å². The van der Waals surface area contributed by atoms with Gasteiger partial charge in [0.05, 0.1) is 12.7 Å². The molecule has 0 aliphatic heterocycles. The maximum atomic E-state index is 9.31. The number of aliphatic hydroxyl groups is 2. The molecule has 0 amide bonds. The maximum absolute atomic E-state index is 9.31. The molecule has 78 valence electrons. The zero-order valence-corrected chi connectivity index (χ0v) is 8.42. The van der Waals surface area contributed by atoms with Gasteiger partial charge in [0.25, 0.3) is 0 Å². The molecule has 0 aromatic rings. The van der Waals surface area contributed by atoms with E-state index in [1.54, 1.807) is 6.92 Å². The molecule has 3 nitrogen and oxygen atoms in total. The minimum atomic E-state index is -0.328. The zero-order chi connectivity index (χ0) is 9.73. The van der Waals surface area contributed by atoms with E-state index in [9.17, 15) is 5.11 Å². The quantitative estimate of drug-likeness (QED) is 0.606. The molecule has 0 heterocycles. The Kier molecular flexibility index (Phi) is 4.16. The monoisotopic (exact) mass is 187 g/mol. The van der Waals surface area contributed by atoms with Gasteiger partial charge in [-0.15, -0.1) is 0 Å². The van der Waals surface area contributed by atoms with Crippen molar-refractivity contribution < 1.29 is 10.2 Å². The Labute approximate surface area is 80.2 Å². The molecule has 0 saturated heterocycles. The third-order valence-electron chi connectivity index (χ3n) is 2.89. The second-order valence-electron chi connectivity index (χ2n) is 4.23. The van der Waals surface area contributed by atoms with Crippen LogP contribution in [0.2, 0.25) is 0 Å². The number of rotatable bonds is 4. The van der Waals surface area contributed by atoms with Crippen molar-refractivity contribution in [2.24, 2.45) is 0 Å². The van der Waals surface area contributed by atoms with Crippen LogP contribution in [0.5, 0.6) is 0 Å². The summed E-state index contributed by atoms with van der Waals surface area (Å²) in [4.78, 5) is 0. The third-order valence-corrected chi connectivity index (χ3v) is 2.89. The molecule has 0 radical (unpaired) electrons. The highest BCUT2D eigenvalue weighted by atomic mass is 16.3. The van der Waals surface area contributed by atoms with Crippen LogP contribution in [-0.2, 0) is 0 Å². The van der Waals surface area contributed by atoms with Crippen molar-refractivity contribution in [2.45, 2.75) is 50.7 Å². The van der Waals surface area contributed by atoms with Crippen LogP contribution >= 0.6 is 0 Å². The van der Waals surface area contributed by atoms with Crippen LogP contribution in [-0.4, -0.2) is 35.0 Å². The molecular formula is C10H21NO2. The predicted molar refractivity (Wildman–Crippen MR) is 52.6 cm³/mol. The number of aliphatic hydroxyl groups excluding tert-OH is 2. The molecule has 0 aromatic carbocycles. The van der Waals surface area contributed by atoms with Crippen molar-refractivity contribution >= 4 is 0 Å². The highest BCUT2D eigenvalue weighted by Gasteiger charge is 2.30. The molecular weight excluding hydrogens is 166 g/mol. The summed E-state index contributed by atoms with van der Waals surface area (Å²) < 4.78 is 0. The summed E-state index contributed by atoms with van der Waals surface area (Å²) in [7, 11) is 0. The number of hydrogen-bond donors (Lipinski definition) is 3. The highest BCUT2D eigenvalue weighted by Crippen LogP contribution is 2.27. The van der Waals surface area contributed by atoms with E-state index in [2.05, 4.69) is 5.32 Å². The molecule has 1 fully saturated rings. The fraction of sp³-hybridized carbons (Fsp3) is 1.00. The van der Waals surface area contributed by atoms with Gasteiger partial charge in [0.1, 0.15) is 0 Å². The van der Waals surface area contributed by atoms with Crippen molar-refractivity contribution in [3.8, 4) is 0 Å². The minimum absolute atomic E-state index is 0.102. The predicted octanol–water partition coefficient (Wildman–Crippen LogP) is 0.652. The Morgan fingerprint density at radius 1 is 1.31 bits per heavy atom. The Hall–Kier alpha value is -0.120. The first-order valence-electron chi connectivity index (χ1n) is 5.22. The Morgan fingerprint density at radius 3 is 2.38 bits per heavy atom. The first-order valence-corrected chi connectivity index (χ1v) is 5.22. The topological polar surface area (TPSA) is 52.5 Å². The van der Waals surface area contributed by atoms with Gasteiger partial charge in [-0.1, -0.05) is 19.3 Å². The lowest BCUT2D eigenvalue weighted by atomic mass is 9.82. The molecule has 1 rings (SSSR count). The molecule has 3 N–H and O–H groups in total. The SMILES string of the molecule is CC(O)CNC1(CO)CCCCC1. The summed E-state index contributed by atoms with van der Waals surface area (Å²) >= 11 is 0. The van der Waals surface area contributed by atoms with Gasteiger partial charge in [-0.2, -0.15) is 0 Å². The average Bonchev–Trinajstić information content (AvgIpc) is 2.16. The normalized spacial score (nSPS) is 24.2. The fourth-order valence-electron chi connectivity index (χ4n) is 1.98. The molecule has 1 atom stereocenters. The Bertz CT molecular complexity index is 142. The number of nitrogens with one attached hydrogen (secondary N) is 1. The van der Waals surface area contributed by atoms with E-state index in [0.29, 0.717) is 6.54 Å². The summed E-state index contributed by atoms with van der Waals surface area (Å²) in [6.45, 7) is 2.54. The standard InChI is InChI=1S/C10H21NO2/c1-9(13)7-11-10(8-12)5-3-2-4-6-10/h9,11-13H,2-8H2,1H3. The lowest BCUT2D eigenvalue weighted by molar-refractivity contribution is 0.0993. The van der Waals surface area contributed by atoms with E-state index in [4.69, 9.17) is 5.11 Å². The van der Waals surface area contributed by atoms with Gasteiger partial charge in [-0.05, 0) is 19.8 Å². The van der Waals surface area contributed by atoms with Gasteiger partial charge >= 0.3 is 0 Å². The molecule has 1 aliphatic carbocycles. The van der Waals surface area contributed by atoms with Crippen LogP contribution in [0.4, 0.5) is 0 Å². The number of hydrogen-bond acceptors (Lipinski definition) is 3. The lowest BCUT2D eigenvalue weighted by Crippen LogP contribution is -2.51. The second-order valence-corrected chi connectivity index (χ2v) is 4.23. The molecule has 3 heteroatoms. The van der Waals surface area contributed by atoms with Gasteiger partial charge in [-0.25, -0.2) is 0 Å². The van der Waals surface area contributed by atoms with E-state index >= 15 is 0 Å². The molecule has 0 spiro atoms. The van der Waals surface area contributed by atoms with E-state index in [1.807, 2.05) is 0 Å².